The summed E-state index contributed by atoms with van der Waals surface area (Å²) in [5.74, 6) is 0.399. The standard InChI is InChI=1S/C21H17N5O2/c1-14-6-7-16(24-20(27)19-5-3-11-28-19)12-18(14)26-21-23-10-8-17(25-21)15-4-2-9-22-13-15/h2-13H,1H3,(H,24,27)(H,23,25,26). The van der Waals surface area contributed by atoms with Crippen LogP contribution >= 0.6 is 0 Å². The van der Waals surface area contributed by atoms with Gasteiger partial charge in [0.15, 0.2) is 5.76 Å². The van der Waals surface area contributed by atoms with Gasteiger partial charge in [-0.05, 0) is 55.0 Å². The zero-order chi connectivity index (χ0) is 19.3. The van der Waals surface area contributed by atoms with E-state index >= 15 is 0 Å². The highest BCUT2D eigenvalue weighted by molar-refractivity contribution is 6.02. The molecule has 2 N–H and O–H groups in total. The molecule has 28 heavy (non-hydrogen) atoms. The fourth-order valence-corrected chi connectivity index (χ4v) is 2.65. The second kappa shape index (κ2) is 7.71. The molecule has 3 heterocycles. The lowest BCUT2D eigenvalue weighted by atomic mass is 10.1. The molecule has 0 atom stereocenters. The average Bonchev–Trinajstić information content (AvgIpc) is 3.26. The van der Waals surface area contributed by atoms with Crippen molar-refractivity contribution in [1.82, 2.24) is 15.0 Å². The van der Waals surface area contributed by atoms with E-state index < -0.39 is 0 Å². The van der Waals surface area contributed by atoms with E-state index in [2.05, 4.69) is 25.6 Å². The maximum atomic E-state index is 12.2. The zero-order valence-corrected chi connectivity index (χ0v) is 15.1. The number of rotatable bonds is 5. The third-order valence-electron chi connectivity index (χ3n) is 4.10. The van der Waals surface area contributed by atoms with Crippen LogP contribution in [0.15, 0.2) is 77.8 Å². The molecule has 0 radical (unpaired) electrons. The molecule has 7 heteroatoms. The molecule has 1 aromatic carbocycles. The van der Waals surface area contributed by atoms with E-state index in [1.807, 2.05) is 43.3 Å². The summed E-state index contributed by atoms with van der Waals surface area (Å²) >= 11 is 0. The van der Waals surface area contributed by atoms with Crippen molar-refractivity contribution in [3.8, 4) is 11.3 Å². The number of carbonyl (C=O) groups is 1. The van der Waals surface area contributed by atoms with E-state index in [0.717, 1.165) is 22.5 Å². The number of hydrogen-bond acceptors (Lipinski definition) is 6. The molecule has 0 saturated heterocycles. The maximum absolute atomic E-state index is 12.2. The molecule has 0 unspecified atom stereocenters. The smallest absolute Gasteiger partial charge is 0.291 e. The molecule has 0 saturated carbocycles. The normalized spacial score (nSPS) is 10.5. The molecule has 0 aliphatic carbocycles. The van der Waals surface area contributed by atoms with Crippen molar-refractivity contribution < 1.29 is 9.21 Å². The van der Waals surface area contributed by atoms with Gasteiger partial charge in [-0.15, -0.1) is 0 Å². The summed E-state index contributed by atoms with van der Waals surface area (Å²) in [5.41, 5.74) is 4.10. The SMILES string of the molecule is Cc1ccc(NC(=O)c2ccco2)cc1Nc1nccc(-c2cccnc2)n1. The van der Waals surface area contributed by atoms with Gasteiger partial charge in [0.2, 0.25) is 5.95 Å². The number of furan rings is 1. The molecule has 0 bridgehead atoms. The minimum atomic E-state index is -0.311. The number of nitrogens with one attached hydrogen (secondary N) is 2. The Labute approximate surface area is 161 Å². The van der Waals surface area contributed by atoms with Gasteiger partial charge < -0.3 is 15.1 Å². The van der Waals surface area contributed by atoms with Crippen LogP contribution in [0, 0.1) is 6.92 Å². The summed E-state index contributed by atoms with van der Waals surface area (Å²) in [4.78, 5) is 25.1. The average molecular weight is 371 g/mol. The van der Waals surface area contributed by atoms with Gasteiger partial charge in [0.05, 0.1) is 12.0 Å². The molecular weight excluding hydrogens is 354 g/mol. The molecule has 0 aliphatic rings. The number of amides is 1. The first-order chi connectivity index (χ1) is 13.7. The lowest BCUT2D eigenvalue weighted by Crippen LogP contribution is -2.11. The Bertz CT molecular complexity index is 1100. The first-order valence-electron chi connectivity index (χ1n) is 8.65. The third-order valence-corrected chi connectivity index (χ3v) is 4.10. The van der Waals surface area contributed by atoms with Crippen molar-refractivity contribution in [2.45, 2.75) is 6.92 Å². The van der Waals surface area contributed by atoms with Gasteiger partial charge >= 0.3 is 0 Å². The fraction of sp³-hybridized carbons (Fsp3) is 0.0476. The first-order valence-corrected chi connectivity index (χ1v) is 8.65. The van der Waals surface area contributed by atoms with E-state index in [-0.39, 0.29) is 11.7 Å². The van der Waals surface area contributed by atoms with Crippen LogP contribution in [0.4, 0.5) is 17.3 Å². The molecule has 0 spiro atoms. The van der Waals surface area contributed by atoms with Crippen LogP contribution in [-0.4, -0.2) is 20.9 Å². The Morgan fingerprint density at radius 1 is 1.07 bits per heavy atom. The Balaban J connectivity index is 1.56. The minimum absolute atomic E-state index is 0.252. The van der Waals surface area contributed by atoms with Crippen molar-refractivity contribution in [2.24, 2.45) is 0 Å². The lowest BCUT2D eigenvalue weighted by Gasteiger charge is -2.11. The van der Waals surface area contributed by atoms with Gasteiger partial charge in [-0.3, -0.25) is 9.78 Å². The van der Waals surface area contributed by atoms with E-state index in [1.165, 1.54) is 6.26 Å². The van der Waals surface area contributed by atoms with Crippen LogP contribution in [0.25, 0.3) is 11.3 Å². The molecule has 0 fully saturated rings. The summed E-state index contributed by atoms with van der Waals surface area (Å²) in [6.45, 7) is 1.96. The van der Waals surface area contributed by atoms with Gasteiger partial charge in [0.25, 0.3) is 5.91 Å². The van der Waals surface area contributed by atoms with Crippen LogP contribution in [0.1, 0.15) is 16.1 Å². The van der Waals surface area contributed by atoms with Crippen LogP contribution < -0.4 is 10.6 Å². The summed E-state index contributed by atoms with van der Waals surface area (Å²) in [7, 11) is 0. The number of hydrogen-bond donors (Lipinski definition) is 2. The maximum Gasteiger partial charge on any atom is 0.291 e. The van der Waals surface area contributed by atoms with Crippen molar-refractivity contribution in [3.63, 3.8) is 0 Å². The lowest BCUT2D eigenvalue weighted by molar-refractivity contribution is 0.0996. The van der Waals surface area contributed by atoms with Crippen molar-refractivity contribution in [2.75, 3.05) is 10.6 Å². The minimum Gasteiger partial charge on any atom is -0.459 e. The van der Waals surface area contributed by atoms with E-state index in [4.69, 9.17) is 4.42 Å². The summed E-state index contributed by atoms with van der Waals surface area (Å²) in [6.07, 6.45) is 6.62. The highest BCUT2D eigenvalue weighted by Crippen LogP contribution is 2.24. The van der Waals surface area contributed by atoms with Crippen LogP contribution in [-0.2, 0) is 0 Å². The predicted molar refractivity (Wildman–Crippen MR) is 106 cm³/mol. The van der Waals surface area contributed by atoms with Gasteiger partial charge in [0, 0.05) is 35.5 Å². The first kappa shape index (κ1) is 17.4. The molecule has 4 rings (SSSR count). The topological polar surface area (TPSA) is 92.9 Å². The number of aromatic nitrogens is 3. The van der Waals surface area contributed by atoms with Gasteiger partial charge in [0.1, 0.15) is 0 Å². The molecule has 7 nitrogen and oxygen atoms in total. The second-order valence-electron chi connectivity index (χ2n) is 6.09. The predicted octanol–water partition coefficient (Wildman–Crippen LogP) is 4.44. The van der Waals surface area contributed by atoms with E-state index in [0.29, 0.717) is 11.6 Å². The van der Waals surface area contributed by atoms with Gasteiger partial charge in [-0.2, -0.15) is 0 Å². The molecule has 1 amide bonds. The fourth-order valence-electron chi connectivity index (χ4n) is 2.65. The van der Waals surface area contributed by atoms with Gasteiger partial charge in [-0.1, -0.05) is 6.07 Å². The monoisotopic (exact) mass is 371 g/mol. The van der Waals surface area contributed by atoms with Crippen molar-refractivity contribution in [3.05, 3.63) is 84.7 Å². The number of carbonyl (C=O) groups excluding carboxylic acids is 1. The van der Waals surface area contributed by atoms with Gasteiger partial charge in [-0.25, -0.2) is 9.97 Å². The number of aryl methyl sites for hydroxylation is 1. The Hall–Kier alpha value is -4.00. The molecule has 4 aromatic rings. The van der Waals surface area contributed by atoms with Crippen LogP contribution in [0.2, 0.25) is 0 Å². The van der Waals surface area contributed by atoms with Crippen LogP contribution in [0.3, 0.4) is 0 Å². The number of nitrogens with zero attached hydrogens (tertiary/aromatic N) is 3. The Kier molecular flexibility index (Phi) is 4.79. The summed E-state index contributed by atoms with van der Waals surface area (Å²) < 4.78 is 5.12. The Morgan fingerprint density at radius 2 is 2.00 bits per heavy atom. The molecular formula is C21H17N5O2. The highest BCUT2D eigenvalue weighted by Gasteiger charge is 2.10. The third kappa shape index (κ3) is 3.88. The highest BCUT2D eigenvalue weighted by atomic mass is 16.3. The second-order valence-corrected chi connectivity index (χ2v) is 6.09. The zero-order valence-electron chi connectivity index (χ0n) is 15.1. The molecule has 0 aliphatic heterocycles. The van der Waals surface area contributed by atoms with Crippen molar-refractivity contribution in [1.29, 1.82) is 0 Å². The quantitative estimate of drug-likeness (QED) is 0.539. The van der Waals surface area contributed by atoms with E-state index in [9.17, 15) is 4.79 Å². The van der Waals surface area contributed by atoms with E-state index in [1.54, 1.807) is 30.7 Å². The largest absolute Gasteiger partial charge is 0.459 e. The summed E-state index contributed by atoms with van der Waals surface area (Å²) in [6, 6.07) is 14.5. The van der Waals surface area contributed by atoms with Crippen molar-refractivity contribution >= 4 is 23.2 Å². The Morgan fingerprint density at radius 3 is 2.79 bits per heavy atom. The number of anilines is 3. The van der Waals surface area contributed by atoms with Crippen LogP contribution in [0.5, 0.6) is 0 Å². The summed E-state index contributed by atoms with van der Waals surface area (Å²) in [5, 5.41) is 6.03. The molecule has 138 valence electrons. The molecule has 3 aromatic heterocycles. The number of pyridine rings is 1. The number of benzene rings is 1.